The van der Waals surface area contributed by atoms with Crippen LogP contribution in [0.4, 0.5) is 17.1 Å². The Hall–Kier alpha value is -3.91. The fourth-order valence-corrected chi connectivity index (χ4v) is 3.70. The van der Waals surface area contributed by atoms with Gasteiger partial charge in [0.1, 0.15) is 0 Å². The van der Waals surface area contributed by atoms with E-state index in [1.54, 1.807) is 0 Å². The molecule has 4 aromatic carbocycles. The highest BCUT2D eigenvalue weighted by Gasteiger charge is 2.12. The van der Waals surface area contributed by atoms with E-state index in [4.69, 9.17) is 0 Å². The third-order valence-electron chi connectivity index (χ3n) is 5.12. The normalized spacial score (nSPS) is 10.8. The van der Waals surface area contributed by atoms with Gasteiger partial charge in [0.25, 0.3) is 0 Å². The molecule has 0 unspecified atom stereocenters. The van der Waals surface area contributed by atoms with Crippen LogP contribution in [0.3, 0.4) is 0 Å². The molecule has 1 heterocycles. The molecular weight excluding hydrogens is 352 g/mol. The number of aromatic nitrogens is 1. The van der Waals surface area contributed by atoms with Gasteiger partial charge in [-0.05, 0) is 76.5 Å². The number of pyridine rings is 1. The number of nitrogens with zero attached hydrogens (tertiary/aromatic N) is 2. The van der Waals surface area contributed by atoms with Gasteiger partial charge in [-0.15, -0.1) is 0 Å². The molecule has 0 atom stereocenters. The van der Waals surface area contributed by atoms with Crippen molar-refractivity contribution in [1.29, 1.82) is 0 Å². The smallest absolute Gasteiger partial charge is 0.0468 e. The standard InChI is InChI=1S/C27H20N2/c1-3-7-25(8-4-1)29(26-9-5-2-6-10-26)27-14-13-23-19-22(11-12-24(23)20-27)21-15-17-28-18-16-21/h1-20H. The van der Waals surface area contributed by atoms with Gasteiger partial charge in [-0.2, -0.15) is 0 Å². The molecule has 0 bridgehead atoms. The van der Waals surface area contributed by atoms with E-state index < -0.39 is 0 Å². The van der Waals surface area contributed by atoms with Gasteiger partial charge in [0, 0.05) is 29.5 Å². The molecule has 29 heavy (non-hydrogen) atoms. The quantitative estimate of drug-likeness (QED) is 0.327. The second-order valence-corrected chi connectivity index (χ2v) is 6.99. The molecule has 0 saturated heterocycles. The van der Waals surface area contributed by atoms with Crippen LogP contribution in [0, 0.1) is 0 Å². The van der Waals surface area contributed by atoms with Crippen molar-refractivity contribution in [3.63, 3.8) is 0 Å². The molecule has 0 aliphatic carbocycles. The first-order chi connectivity index (χ1) is 14.4. The van der Waals surface area contributed by atoms with Crippen LogP contribution < -0.4 is 4.90 Å². The summed E-state index contributed by atoms with van der Waals surface area (Å²) in [6.07, 6.45) is 3.67. The van der Waals surface area contributed by atoms with Crippen molar-refractivity contribution in [3.05, 3.63) is 122 Å². The van der Waals surface area contributed by atoms with E-state index in [0.717, 1.165) is 17.1 Å². The van der Waals surface area contributed by atoms with Crippen LogP contribution in [-0.2, 0) is 0 Å². The lowest BCUT2D eigenvalue weighted by molar-refractivity contribution is 1.29. The van der Waals surface area contributed by atoms with Gasteiger partial charge in [0.05, 0.1) is 0 Å². The molecule has 138 valence electrons. The molecule has 0 amide bonds. The van der Waals surface area contributed by atoms with Crippen molar-refractivity contribution in [1.82, 2.24) is 4.98 Å². The number of hydrogen-bond donors (Lipinski definition) is 0. The first-order valence-corrected chi connectivity index (χ1v) is 9.73. The summed E-state index contributed by atoms with van der Waals surface area (Å²) in [6.45, 7) is 0. The summed E-state index contributed by atoms with van der Waals surface area (Å²) in [5.74, 6) is 0. The Morgan fingerprint density at radius 2 is 1.03 bits per heavy atom. The number of benzene rings is 4. The Morgan fingerprint density at radius 1 is 0.448 bits per heavy atom. The van der Waals surface area contributed by atoms with Gasteiger partial charge < -0.3 is 4.90 Å². The number of anilines is 3. The summed E-state index contributed by atoms with van der Waals surface area (Å²) in [5, 5.41) is 2.45. The molecule has 5 aromatic rings. The van der Waals surface area contributed by atoms with Gasteiger partial charge in [-0.1, -0.05) is 54.6 Å². The Kier molecular flexibility index (Phi) is 4.51. The Balaban J connectivity index is 1.61. The monoisotopic (exact) mass is 372 g/mol. The van der Waals surface area contributed by atoms with Gasteiger partial charge in [-0.25, -0.2) is 0 Å². The molecular formula is C27H20N2. The molecule has 0 aliphatic heterocycles. The summed E-state index contributed by atoms with van der Waals surface area (Å²) in [7, 11) is 0. The molecule has 0 radical (unpaired) electrons. The first-order valence-electron chi connectivity index (χ1n) is 9.73. The first kappa shape index (κ1) is 17.2. The molecule has 0 spiro atoms. The zero-order valence-electron chi connectivity index (χ0n) is 15.9. The maximum absolute atomic E-state index is 4.12. The lowest BCUT2D eigenvalue weighted by atomic mass is 10.0. The SMILES string of the molecule is c1ccc(N(c2ccccc2)c2ccc3cc(-c4ccncc4)ccc3c2)cc1. The van der Waals surface area contributed by atoms with E-state index in [-0.39, 0.29) is 0 Å². The van der Waals surface area contributed by atoms with E-state index in [1.165, 1.54) is 21.9 Å². The maximum atomic E-state index is 4.12. The predicted molar refractivity (Wildman–Crippen MR) is 122 cm³/mol. The van der Waals surface area contributed by atoms with Crippen LogP contribution >= 0.6 is 0 Å². The minimum atomic E-state index is 1.14. The number of fused-ring (bicyclic) bond motifs is 1. The molecule has 2 heteroatoms. The van der Waals surface area contributed by atoms with Crippen LogP contribution in [0.25, 0.3) is 21.9 Å². The van der Waals surface area contributed by atoms with Gasteiger partial charge in [0.15, 0.2) is 0 Å². The largest absolute Gasteiger partial charge is 0.310 e. The summed E-state index contributed by atoms with van der Waals surface area (Å²) in [6, 6.07) is 38.3. The summed E-state index contributed by atoms with van der Waals surface area (Å²) >= 11 is 0. The summed E-state index contributed by atoms with van der Waals surface area (Å²) in [5.41, 5.74) is 5.82. The lowest BCUT2D eigenvalue weighted by Crippen LogP contribution is -2.09. The Labute approximate surface area is 170 Å². The highest BCUT2D eigenvalue weighted by molar-refractivity contribution is 5.92. The highest BCUT2D eigenvalue weighted by atomic mass is 15.1. The van der Waals surface area contributed by atoms with Crippen molar-refractivity contribution in [3.8, 4) is 11.1 Å². The van der Waals surface area contributed by atoms with Crippen molar-refractivity contribution in [2.24, 2.45) is 0 Å². The van der Waals surface area contributed by atoms with Gasteiger partial charge >= 0.3 is 0 Å². The molecule has 2 nitrogen and oxygen atoms in total. The average Bonchev–Trinajstić information content (AvgIpc) is 2.81. The van der Waals surface area contributed by atoms with Crippen LogP contribution in [0.2, 0.25) is 0 Å². The van der Waals surface area contributed by atoms with Crippen molar-refractivity contribution >= 4 is 27.8 Å². The van der Waals surface area contributed by atoms with Gasteiger partial charge in [0.2, 0.25) is 0 Å². The summed E-state index contributed by atoms with van der Waals surface area (Å²) in [4.78, 5) is 6.40. The van der Waals surface area contributed by atoms with E-state index >= 15 is 0 Å². The second-order valence-electron chi connectivity index (χ2n) is 6.99. The van der Waals surface area contributed by atoms with Gasteiger partial charge in [-0.3, -0.25) is 4.98 Å². The van der Waals surface area contributed by atoms with Crippen LogP contribution in [0.15, 0.2) is 122 Å². The van der Waals surface area contributed by atoms with Crippen molar-refractivity contribution in [2.45, 2.75) is 0 Å². The van der Waals surface area contributed by atoms with Crippen molar-refractivity contribution < 1.29 is 0 Å². The highest BCUT2D eigenvalue weighted by Crippen LogP contribution is 2.36. The number of hydrogen-bond acceptors (Lipinski definition) is 2. The van der Waals surface area contributed by atoms with Crippen LogP contribution in [0.5, 0.6) is 0 Å². The zero-order valence-corrected chi connectivity index (χ0v) is 15.9. The number of rotatable bonds is 4. The molecule has 0 fully saturated rings. The third kappa shape index (κ3) is 3.48. The lowest BCUT2D eigenvalue weighted by Gasteiger charge is -2.25. The van der Waals surface area contributed by atoms with E-state index in [9.17, 15) is 0 Å². The third-order valence-corrected chi connectivity index (χ3v) is 5.12. The molecule has 0 N–H and O–H groups in total. The zero-order chi connectivity index (χ0) is 19.5. The fraction of sp³-hybridized carbons (Fsp3) is 0. The second kappa shape index (κ2) is 7.61. The Bertz CT molecular complexity index is 1190. The van der Waals surface area contributed by atoms with E-state index in [2.05, 4.69) is 94.8 Å². The number of para-hydroxylation sites is 2. The topological polar surface area (TPSA) is 16.1 Å². The minimum Gasteiger partial charge on any atom is -0.310 e. The van der Waals surface area contributed by atoms with Crippen molar-refractivity contribution in [2.75, 3.05) is 4.90 Å². The molecule has 0 aliphatic rings. The maximum Gasteiger partial charge on any atom is 0.0468 e. The average molecular weight is 372 g/mol. The predicted octanol–water partition coefficient (Wildman–Crippen LogP) is 7.37. The van der Waals surface area contributed by atoms with Crippen LogP contribution in [-0.4, -0.2) is 4.98 Å². The minimum absolute atomic E-state index is 1.14. The fourth-order valence-electron chi connectivity index (χ4n) is 3.70. The van der Waals surface area contributed by atoms with Crippen LogP contribution in [0.1, 0.15) is 0 Å². The molecule has 5 rings (SSSR count). The molecule has 0 saturated carbocycles. The van der Waals surface area contributed by atoms with E-state index in [1.807, 2.05) is 36.7 Å². The summed E-state index contributed by atoms with van der Waals surface area (Å²) < 4.78 is 0. The van der Waals surface area contributed by atoms with E-state index in [0.29, 0.717) is 0 Å². The Morgan fingerprint density at radius 3 is 1.69 bits per heavy atom. The molecule has 1 aromatic heterocycles.